The fourth-order valence-corrected chi connectivity index (χ4v) is 29.0. The highest BCUT2D eigenvalue weighted by molar-refractivity contribution is 6.26. The van der Waals surface area contributed by atoms with Gasteiger partial charge in [0.05, 0.1) is 98.6 Å². The first-order chi connectivity index (χ1) is 71.9. The van der Waals surface area contributed by atoms with Crippen molar-refractivity contribution in [3.8, 4) is 66.8 Å². The second-order valence-corrected chi connectivity index (χ2v) is 45.3. The van der Waals surface area contributed by atoms with E-state index in [0.717, 1.165) is 165 Å². The van der Waals surface area contributed by atoms with E-state index in [1.807, 2.05) is 0 Å². The van der Waals surface area contributed by atoms with Crippen LogP contribution in [0.25, 0.3) is 219 Å². The molecule has 0 saturated carbocycles. The van der Waals surface area contributed by atoms with E-state index < -0.39 is 21.7 Å². The molecule has 0 bridgehead atoms. The zero-order chi connectivity index (χ0) is 99.5. The molecule has 0 amide bonds. The van der Waals surface area contributed by atoms with Gasteiger partial charge >= 0.3 is 0 Å². The van der Waals surface area contributed by atoms with Gasteiger partial charge in [-0.15, -0.1) is 0 Å². The van der Waals surface area contributed by atoms with Gasteiger partial charge < -0.3 is 17.6 Å². The maximum atomic E-state index is 16.7. The first-order valence-corrected chi connectivity index (χ1v) is 51.8. The van der Waals surface area contributed by atoms with Crippen LogP contribution in [0.3, 0.4) is 0 Å². The monoisotopic (exact) mass is 1900 g/mol. The molecule has 8 nitrogen and oxygen atoms in total. The van der Waals surface area contributed by atoms with E-state index in [2.05, 4.69) is 487 Å². The molecule has 4 aliphatic carbocycles. The van der Waals surface area contributed by atoms with Crippen molar-refractivity contribution in [2.75, 3.05) is 0 Å². The van der Waals surface area contributed by atoms with E-state index in [1.165, 1.54) is 89.0 Å². The minimum Gasteiger partial charge on any atom is -0.308 e. The Hall–Kier alpha value is -17.7. The number of rotatable bonds is 6. The van der Waals surface area contributed by atoms with Crippen LogP contribution in [0.2, 0.25) is 0 Å². The summed E-state index contributed by atoms with van der Waals surface area (Å²) in [6.45, 7) is 22.2. The molecule has 0 fully saturated rings. The van der Waals surface area contributed by atoms with E-state index in [1.54, 1.807) is 0 Å². The van der Waals surface area contributed by atoms with Crippen molar-refractivity contribution in [2.24, 2.45) is 0 Å². The SMILES string of the molecule is CC(C)(C)c1c2c(=O)c3cc(-c4ccc5c(c4)-c4ccccc4C5(C)C)cc4c5ccccc5n(c2cc2c1c(=O)c1cc(-c5ccc6c(c5)-c5ccccc5C6(C)C)cc5c6ccccc6n2c15)c34.CC(C)(C)c1c2c(=O)c3cc(C4(c5ccccc5)c5ccccc5-c5ccccc54)cc4c5ccccc5n(c2cc2c1c(=O)c1cc(C5(c6ccccc6)c6ccccc6-c6ccccc65)cc5c6ccccc6n2c15)c34. The van der Waals surface area contributed by atoms with Gasteiger partial charge in [-0.3, -0.25) is 19.2 Å². The highest BCUT2D eigenvalue weighted by Crippen LogP contribution is 2.62. The smallest absolute Gasteiger partial charge is 0.197 e. The molecule has 8 aromatic heterocycles. The summed E-state index contributed by atoms with van der Waals surface area (Å²) in [5.41, 5.74) is 37.6. The number of hydrogen-bond donors (Lipinski definition) is 0. The number of fused-ring (bicyclic) bond motifs is 32. The molecule has 0 N–H and O–H groups in total. The van der Waals surface area contributed by atoms with Crippen molar-refractivity contribution < 1.29 is 0 Å². The first kappa shape index (κ1) is 84.8. The van der Waals surface area contributed by atoms with Gasteiger partial charge in [-0.2, -0.15) is 0 Å². The van der Waals surface area contributed by atoms with Crippen LogP contribution in [0, 0.1) is 0 Å². The maximum Gasteiger partial charge on any atom is 0.197 e. The predicted molar refractivity (Wildman–Crippen MR) is 615 cm³/mol. The number of benzene rings is 20. The second kappa shape index (κ2) is 29.1. The van der Waals surface area contributed by atoms with Crippen LogP contribution in [0.5, 0.6) is 0 Å². The highest BCUT2D eigenvalue weighted by Gasteiger charge is 2.50. The molecular formula is C140H96N4O4. The van der Waals surface area contributed by atoms with Gasteiger partial charge in [0, 0.05) is 75.5 Å². The van der Waals surface area contributed by atoms with Crippen LogP contribution in [0.4, 0.5) is 0 Å². The first-order valence-electron chi connectivity index (χ1n) is 51.8. The van der Waals surface area contributed by atoms with Gasteiger partial charge in [0.25, 0.3) is 0 Å². The van der Waals surface area contributed by atoms with E-state index in [-0.39, 0.29) is 32.5 Å². The lowest BCUT2D eigenvalue weighted by molar-refractivity contribution is 0.600. The molecular weight excluding hydrogens is 1800 g/mol. The van der Waals surface area contributed by atoms with Gasteiger partial charge in [-0.25, -0.2) is 0 Å². The van der Waals surface area contributed by atoms with E-state index in [4.69, 9.17) is 0 Å². The molecule has 0 radical (unpaired) electrons. The molecule has 20 aromatic carbocycles. The van der Waals surface area contributed by atoms with Crippen LogP contribution >= 0.6 is 0 Å². The molecule has 8 heterocycles. The third-order valence-electron chi connectivity index (χ3n) is 35.0. The van der Waals surface area contributed by atoms with Crippen LogP contribution in [-0.4, -0.2) is 17.6 Å². The van der Waals surface area contributed by atoms with Crippen LogP contribution in [-0.2, 0) is 32.5 Å². The summed E-state index contributed by atoms with van der Waals surface area (Å²) >= 11 is 0. The average Bonchev–Trinajstić information content (AvgIpc) is 1.46. The van der Waals surface area contributed by atoms with Crippen LogP contribution < -0.4 is 21.7 Å². The Morgan fingerprint density at radius 3 is 0.709 bits per heavy atom. The zero-order valence-electron chi connectivity index (χ0n) is 83.5. The molecule has 148 heavy (non-hydrogen) atoms. The molecule has 4 aliphatic rings. The molecule has 8 heteroatoms. The topological polar surface area (TPSA) is 85.9 Å². The summed E-state index contributed by atoms with van der Waals surface area (Å²) in [6.07, 6.45) is 0. The van der Waals surface area contributed by atoms with Gasteiger partial charge in [-0.1, -0.05) is 373 Å². The Labute approximate surface area is 851 Å². The van der Waals surface area contributed by atoms with Crippen LogP contribution in [0.1, 0.15) is 147 Å². The number of nitrogens with zero attached hydrogens (tertiary/aromatic N) is 4. The van der Waals surface area contributed by atoms with Crippen molar-refractivity contribution in [3.05, 3.63) is 519 Å². The third-order valence-corrected chi connectivity index (χ3v) is 35.0. The van der Waals surface area contributed by atoms with E-state index in [0.29, 0.717) is 43.1 Å². The Morgan fingerprint density at radius 2 is 0.412 bits per heavy atom. The highest BCUT2D eigenvalue weighted by atomic mass is 16.1. The number of hydrogen-bond acceptors (Lipinski definition) is 4. The largest absolute Gasteiger partial charge is 0.308 e. The maximum absolute atomic E-state index is 16.7. The van der Waals surface area contributed by atoms with Crippen molar-refractivity contribution in [2.45, 2.75) is 102 Å². The summed E-state index contributed by atoms with van der Waals surface area (Å²) in [6, 6.07) is 144. The van der Waals surface area contributed by atoms with Crippen molar-refractivity contribution >= 4 is 152 Å². The Morgan fingerprint density at radius 1 is 0.182 bits per heavy atom. The lowest BCUT2D eigenvalue weighted by Crippen LogP contribution is -2.29. The van der Waals surface area contributed by atoms with Crippen molar-refractivity contribution in [1.29, 1.82) is 0 Å². The summed E-state index contributed by atoms with van der Waals surface area (Å²) in [5.74, 6) is 0. The number of aromatic nitrogens is 4. The molecule has 0 unspecified atom stereocenters. The number of pyridine rings is 4. The summed E-state index contributed by atoms with van der Waals surface area (Å²) in [5, 5.41) is 13.4. The Bertz CT molecular complexity index is 10500. The van der Waals surface area contributed by atoms with Crippen LogP contribution in [0.15, 0.2) is 420 Å². The van der Waals surface area contributed by atoms with Gasteiger partial charge in [0.15, 0.2) is 21.7 Å². The molecule has 700 valence electrons. The Kier molecular flexibility index (Phi) is 16.7. The van der Waals surface area contributed by atoms with Gasteiger partial charge in [0.1, 0.15) is 0 Å². The minimum atomic E-state index is -0.735. The zero-order valence-corrected chi connectivity index (χ0v) is 83.5. The van der Waals surface area contributed by atoms with Crippen molar-refractivity contribution in [3.63, 3.8) is 0 Å². The van der Waals surface area contributed by atoms with Gasteiger partial charge in [-0.05, 0) is 253 Å². The predicted octanol–water partition coefficient (Wildman–Crippen LogP) is 32.7. The normalized spacial score (nSPS) is 14.6. The summed E-state index contributed by atoms with van der Waals surface area (Å²) in [4.78, 5) is 65.3. The standard InChI is InChI=1S/C74H48N2O2.C66H48N2O2/c1-72(2,3)67-65-63(75-61-36-20-14-30-51(61)53-38-45(40-55(68(53)75)70(65)77)73(43-22-6-4-7-23-43)57-32-16-10-26-47(57)48-27-11-17-33-58(48)73)42-64-66(67)71(78)56-41-46(39-54-52-31-15-21-37-62(52)76(64)69(54)56)74(44-24-8-5-9-25-44)59-34-18-12-28-49(59)50-29-13-19-35-60(50)74;1-64(2,3)59-57-55(67-53-22-14-10-18-41(53)45-30-37(32-47(60(45)67)62(57)69)35-24-26-51-43(28-35)39-16-8-12-20-49(39)65(51,4)5)34-56-58(59)63(70)48-33-38(31-46-42-19-11-15-23-54(42)68(56)61(46)48)36-25-27-52-44(29-36)40-17-9-13-21-50(40)66(52,6)7/h4-42H,1-3H3;8-34H,1-7H3. The Balaban J connectivity index is 0.000000135. The molecule has 32 rings (SSSR count). The lowest BCUT2D eigenvalue weighted by atomic mass is 9.67. The third kappa shape index (κ3) is 10.6. The quantitative estimate of drug-likeness (QED) is 0.155. The second-order valence-electron chi connectivity index (χ2n) is 45.3. The molecule has 0 spiro atoms. The number of para-hydroxylation sites is 4. The molecule has 0 atom stereocenters. The molecule has 0 aliphatic heterocycles. The average molecular weight is 1900 g/mol. The van der Waals surface area contributed by atoms with E-state index >= 15 is 19.2 Å². The summed E-state index contributed by atoms with van der Waals surface area (Å²) in [7, 11) is 0. The summed E-state index contributed by atoms with van der Waals surface area (Å²) < 4.78 is 9.31. The van der Waals surface area contributed by atoms with E-state index in [9.17, 15) is 0 Å². The fourth-order valence-electron chi connectivity index (χ4n) is 29.0. The van der Waals surface area contributed by atoms with Crippen molar-refractivity contribution in [1.82, 2.24) is 17.6 Å². The molecule has 0 saturated heterocycles. The molecule has 28 aromatic rings. The lowest BCUT2D eigenvalue weighted by Gasteiger charge is -2.34. The minimum absolute atomic E-state index is 0.0475. The fraction of sp³-hybridized carbons (Fsp3) is 0.114. The van der Waals surface area contributed by atoms with Gasteiger partial charge in [0.2, 0.25) is 0 Å².